The lowest BCUT2D eigenvalue weighted by molar-refractivity contribution is -0.919. The molecule has 1 saturated heterocycles. The van der Waals surface area contributed by atoms with Gasteiger partial charge < -0.3 is 14.4 Å². The third-order valence-corrected chi connectivity index (χ3v) is 5.08. The quantitative estimate of drug-likeness (QED) is 0.882. The van der Waals surface area contributed by atoms with Crippen LogP contribution in [-0.4, -0.2) is 27.3 Å². The van der Waals surface area contributed by atoms with Crippen LogP contribution in [-0.2, 0) is 13.0 Å². The number of hydrogen-bond acceptors (Lipinski definition) is 2. The summed E-state index contributed by atoms with van der Waals surface area (Å²) in [6, 6.07) is 17.2. The summed E-state index contributed by atoms with van der Waals surface area (Å²) < 4.78 is 10.7. The molecule has 3 nitrogen and oxygen atoms in total. The van der Waals surface area contributed by atoms with Crippen molar-refractivity contribution < 1.29 is 14.4 Å². The fourth-order valence-electron chi connectivity index (χ4n) is 3.69. The maximum absolute atomic E-state index is 5.42. The molecule has 1 N–H and O–H groups in total. The average molecular weight is 326 g/mol. The van der Waals surface area contributed by atoms with Gasteiger partial charge in [-0.15, -0.1) is 0 Å². The molecular weight excluding hydrogens is 298 g/mol. The van der Waals surface area contributed by atoms with Gasteiger partial charge in [-0.05, 0) is 48.9 Å². The van der Waals surface area contributed by atoms with Crippen molar-refractivity contribution in [1.82, 2.24) is 0 Å². The van der Waals surface area contributed by atoms with E-state index < -0.39 is 0 Å². The van der Waals surface area contributed by atoms with Gasteiger partial charge in [0.15, 0.2) is 11.5 Å². The van der Waals surface area contributed by atoms with E-state index in [1.165, 1.54) is 43.5 Å². The Bertz CT molecular complexity index is 634. The van der Waals surface area contributed by atoms with Gasteiger partial charge in [-0.25, -0.2) is 0 Å². The Kier molecular flexibility index (Phi) is 5.76. The van der Waals surface area contributed by atoms with Crippen LogP contribution in [0.2, 0.25) is 0 Å². The number of piperidine rings is 1. The van der Waals surface area contributed by atoms with Gasteiger partial charge >= 0.3 is 0 Å². The zero-order valence-electron chi connectivity index (χ0n) is 14.8. The summed E-state index contributed by atoms with van der Waals surface area (Å²) in [6.45, 7) is 3.58. The molecule has 0 atom stereocenters. The van der Waals surface area contributed by atoms with Crippen molar-refractivity contribution >= 4 is 0 Å². The van der Waals surface area contributed by atoms with Gasteiger partial charge in [-0.2, -0.15) is 0 Å². The molecule has 0 aliphatic carbocycles. The number of hydrogen-bond donors (Lipinski definition) is 1. The Balaban J connectivity index is 1.52. The van der Waals surface area contributed by atoms with Crippen molar-refractivity contribution in [3.05, 3.63) is 59.7 Å². The van der Waals surface area contributed by atoms with Crippen LogP contribution in [0.15, 0.2) is 48.5 Å². The van der Waals surface area contributed by atoms with Crippen LogP contribution < -0.4 is 14.4 Å². The van der Waals surface area contributed by atoms with Crippen molar-refractivity contribution in [2.75, 3.05) is 27.3 Å². The Morgan fingerprint density at radius 2 is 1.58 bits per heavy atom. The van der Waals surface area contributed by atoms with Crippen LogP contribution >= 0.6 is 0 Å². The lowest BCUT2D eigenvalue weighted by atomic mass is 9.90. The summed E-state index contributed by atoms with van der Waals surface area (Å²) >= 11 is 0. The van der Waals surface area contributed by atoms with Crippen LogP contribution in [0.25, 0.3) is 0 Å². The Morgan fingerprint density at radius 3 is 2.25 bits per heavy atom. The van der Waals surface area contributed by atoms with E-state index in [-0.39, 0.29) is 0 Å². The van der Waals surface area contributed by atoms with E-state index in [1.54, 1.807) is 19.1 Å². The van der Waals surface area contributed by atoms with Crippen molar-refractivity contribution in [2.24, 2.45) is 5.92 Å². The number of likely N-dealkylation sites (tertiary alicyclic amines) is 1. The lowest BCUT2D eigenvalue weighted by Crippen LogP contribution is -3.11. The second kappa shape index (κ2) is 8.20. The SMILES string of the molecule is COc1ccc(C[NH+]2CCC(Cc3ccccc3)CC2)cc1OC. The average Bonchev–Trinajstić information content (AvgIpc) is 2.64. The van der Waals surface area contributed by atoms with Crippen molar-refractivity contribution in [1.29, 1.82) is 0 Å². The van der Waals surface area contributed by atoms with E-state index in [9.17, 15) is 0 Å². The molecular formula is C21H28NO2+. The molecule has 0 unspecified atom stereocenters. The molecule has 1 aliphatic heterocycles. The monoisotopic (exact) mass is 326 g/mol. The van der Waals surface area contributed by atoms with E-state index in [2.05, 4.69) is 42.5 Å². The molecule has 0 bridgehead atoms. The highest BCUT2D eigenvalue weighted by Crippen LogP contribution is 2.27. The molecule has 0 radical (unpaired) electrons. The fraction of sp³-hybridized carbons (Fsp3) is 0.429. The highest BCUT2D eigenvalue weighted by Gasteiger charge is 2.22. The smallest absolute Gasteiger partial charge is 0.161 e. The van der Waals surface area contributed by atoms with Gasteiger partial charge in [-0.1, -0.05) is 30.3 Å². The van der Waals surface area contributed by atoms with Gasteiger partial charge in [0, 0.05) is 5.56 Å². The standard InChI is InChI=1S/C21H27NO2/c1-23-20-9-8-19(15-21(20)24-2)16-22-12-10-18(11-13-22)14-17-6-4-3-5-7-17/h3-9,15,18H,10-14,16H2,1-2H3/p+1. The summed E-state index contributed by atoms with van der Waals surface area (Å²) in [6.07, 6.45) is 3.86. The van der Waals surface area contributed by atoms with Gasteiger partial charge in [0.05, 0.1) is 27.3 Å². The first kappa shape index (κ1) is 16.8. The molecule has 1 fully saturated rings. The molecule has 0 amide bonds. The summed E-state index contributed by atoms with van der Waals surface area (Å²) in [4.78, 5) is 1.67. The second-order valence-electron chi connectivity index (χ2n) is 6.75. The largest absolute Gasteiger partial charge is 0.493 e. The van der Waals surface area contributed by atoms with E-state index in [0.29, 0.717) is 0 Å². The van der Waals surface area contributed by atoms with E-state index in [0.717, 1.165) is 24.0 Å². The first-order valence-corrected chi connectivity index (χ1v) is 8.87. The van der Waals surface area contributed by atoms with Crippen LogP contribution in [0, 0.1) is 5.92 Å². The molecule has 24 heavy (non-hydrogen) atoms. The van der Waals surface area contributed by atoms with Crippen molar-refractivity contribution in [2.45, 2.75) is 25.8 Å². The molecule has 0 spiro atoms. The topological polar surface area (TPSA) is 22.9 Å². The summed E-state index contributed by atoms with van der Waals surface area (Å²) in [5, 5.41) is 0. The summed E-state index contributed by atoms with van der Waals surface area (Å²) in [7, 11) is 3.38. The van der Waals surface area contributed by atoms with E-state index in [4.69, 9.17) is 9.47 Å². The van der Waals surface area contributed by atoms with Gasteiger partial charge in [0.25, 0.3) is 0 Å². The predicted molar refractivity (Wildman–Crippen MR) is 96.8 cm³/mol. The molecule has 1 aliphatic rings. The van der Waals surface area contributed by atoms with Crippen LogP contribution in [0.1, 0.15) is 24.0 Å². The highest BCUT2D eigenvalue weighted by atomic mass is 16.5. The fourth-order valence-corrected chi connectivity index (χ4v) is 3.69. The third-order valence-electron chi connectivity index (χ3n) is 5.08. The van der Waals surface area contributed by atoms with Crippen LogP contribution in [0.5, 0.6) is 11.5 Å². The van der Waals surface area contributed by atoms with Crippen molar-refractivity contribution in [3.63, 3.8) is 0 Å². The molecule has 128 valence electrons. The zero-order chi connectivity index (χ0) is 16.8. The Hall–Kier alpha value is -2.00. The van der Waals surface area contributed by atoms with Gasteiger partial charge in [0.1, 0.15) is 6.54 Å². The molecule has 0 aromatic heterocycles. The highest BCUT2D eigenvalue weighted by molar-refractivity contribution is 5.42. The molecule has 2 aromatic carbocycles. The summed E-state index contributed by atoms with van der Waals surface area (Å²) in [5.74, 6) is 2.47. The second-order valence-corrected chi connectivity index (χ2v) is 6.75. The van der Waals surface area contributed by atoms with E-state index >= 15 is 0 Å². The Morgan fingerprint density at radius 1 is 0.875 bits per heavy atom. The summed E-state index contributed by atoms with van der Waals surface area (Å²) in [5.41, 5.74) is 2.80. The number of quaternary nitrogens is 1. The van der Waals surface area contributed by atoms with E-state index in [1.807, 2.05) is 6.07 Å². The number of ether oxygens (including phenoxy) is 2. The number of nitrogens with one attached hydrogen (secondary N) is 1. The number of rotatable bonds is 6. The predicted octanol–water partition coefficient (Wildman–Crippen LogP) is 2.74. The minimum Gasteiger partial charge on any atom is -0.493 e. The zero-order valence-corrected chi connectivity index (χ0v) is 14.8. The van der Waals surface area contributed by atoms with Crippen molar-refractivity contribution in [3.8, 4) is 11.5 Å². The van der Waals surface area contributed by atoms with Gasteiger partial charge in [-0.3, -0.25) is 0 Å². The minimum atomic E-state index is 0.804. The maximum Gasteiger partial charge on any atom is 0.161 e. The number of benzene rings is 2. The molecule has 0 saturated carbocycles. The first-order chi connectivity index (χ1) is 11.8. The molecule has 3 heteroatoms. The lowest BCUT2D eigenvalue weighted by Gasteiger charge is -2.29. The molecule has 2 aromatic rings. The Labute approximate surface area is 145 Å². The van der Waals surface area contributed by atoms with Crippen LogP contribution in [0.3, 0.4) is 0 Å². The first-order valence-electron chi connectivity index (χ1n) is 8.87. The maximum atomic E-state index is 5.42. The minimum absolute atomic E-state index is 0.804. The normalized spacial score (nSPS) is 20.6. The third kappa shape index (κ3) is 4.30. The van der Waals surface area contributed by atoms with Crippen LogP contribution in [0.4, 0.5) is 0 Å². The number of methoxy groups -OCH3 is 2. The molecule has 1 heterocycles. The van der Waals surface area contributed by atoms with Gasteiger partial charge in [0.2, 0.25) is 0 Å². The molecule has 3 rings (SSSR count).